The van der Waals surface area contributed by atoms with Crippen molar-refractivity contribution in [1.29, 1.82) is 0 Å². The van der Waals surface area contributed by atoms with Crippen LogP contribution in [0.1, 0.15) is 37.3 Å². The maximum atomic E-state index is 6.35. The summed E-state index contributed by atoms with van der Waals surface area (Å²) in [7, 11) is 0. The highest BCUT2D eigenvalue weighted by Crippen LogP contribution is 2.44. The van der Waals surface area contributed by atoms with Gasteiger partial charge in [0, 0.05) is 5.39 Å². The van der Waals surface area contributed by atoms with Crippen molar-refractivity contribution in [2.45, 2.75) is 39.2 Å². The molecule has 0 spiro atoms. The third-order valence-corrected chi connectivity index (χ3v) is 5.77. The van der Waals surface area contributed by atoms with Gasteiger partial charge >= 0.3 is 0 Å². The van der Waals surface area contributed by atoms with Crippen LogP contribution in [0.5, 0.6) is 11.5 Å². The summed E-state index contributed by atoms with van der Waals surface area (Å²) in [4.78, 5) is 0. The van der Waals surface area contributed by atoms with Crippen LogP contribution in [-0.4, -0.2) is 12.7 Å². The molecule has 0 fully saturated rings. The van der Waals surface area contributed by atoms with Gasteiger partial charge in [0.25, 0.3) is 0 Å². The summed E-state index contributed by atoms with van der Waals surface area (Å²) in [5, 5.41) is 2.55. The molecule has 0 bridgehead atoms. The van der Waals surface area contributed by atoms with Crippen molar-refractivity contribution in [3.63, 3.8) is 0 Å². The highest BCUT2D eigenvalue weighted by Gasteiger charge is 2.32. The maximum absolute atomic E-state index is 6.35. The molecule has 2 unspecified atom stereocenters. The van der Waals surface area contributed by atoms with Gasteiger partial charge in [-0.15, -0.1) is 0 Å². The van der Waals surface area contributed by atoms with Crippen molar-refractivity contribution in [2.24, 2.45) is 5.92 Å². The molecule has 3 atom stereocenters. The molecule has 26 heavy (non-hydrogen) atoms. The summed E-state index contributed by atoms with van der Waals surface area (Å²) >= 11 is 0. The molecule has 1 heterocycles. The summed E-state index contributed by atoms with van der Waals surface area (Å²) in [6.45, 7) is 7.43. The Bertz CT molecular complexity index is 901. The first kappa shape index (κ1) is 17.0. The van der Waals surface area contributed by atoms with Crippen LogP contribution < -0.4 is 9.47 Å². The molecular formula is C24H26O2. The third-order valence-electron chi connectivity index (χ3n) is 5.77. The minimum Gasteiger partial charge on any atom is -0.494 e. The quantitative estimate of drug-likeness (QED) is 0.567. The molecule has 1 aliphatic heterocycles. The molecule has 0 radical (unpaired) electrons. The van der Waals surface area contributed by atoms with E-state index in [4.69, 9.17) is 9.47 Å². The van der Waals surface area contributed by atoms with Crippen LogP contribution in [0, 0.1) is 12.8 Å². The van der Waals surface area contributed by atoms with E-state index in [0.717, 1.165) is 17.9 Å². The Kier molecular flexibility index (Phi) is 4.58. The largest absolute Gasteiger partial charge is 0.494 e. The van der Waals surface area contributed by atoms with E-state index in [0.29, 0.717) is 18.4 Å². The van der Waals surface area contributed by atoms with E-state index in [1.807, 2.05) is 30.3 Å². The van der Waals surface area contributed by atoms with E-state index < -0.39 is 0 Å². The molecule has 2 heteroatoms. The molecule has 1 aliphatic rings. The number of hydrogen-bond donors (Lipinski definition) is 0. The summed E-state index contributed by atoms with van der Waals surface area (Å²) in [5.41, 5.74) is 2.78. The Morgan fingerprint density at radius 3 is 2.54 bits per heavy atom. The van der Waals surface area contributed by atoms with Crippen molar-refractivity contribution in [3.05, 3.63) is 71.8 Å². The number of ether oxygens (including phenoxy) is 2. The first-order valence-electron chi connectivity index (χ1n) is 9.52. The third kappa shape index (κ3) is 3.05. The second-order valence-corrected chi connectivity index (χ2v) is 7.39. The van der Waals surface area contributed by atoms with Crippen molar-refractivity contribution in [1.82, 2.24) is 0 Å². The molecule has 3 aromatic carbocycles. The first-order chi connectivity index (χ1) is 12.6. The molecule has 0 saturated carbocycles. The fourth-order valence-electron chi connectivity index (χ4n) is 4.18. The van der Waals surface area contributed by atoms with Gasteiger partial charge in [0.05, 0.1) is 12.7 Å². The van der Waals surface area contributed by atoms with Gasteiger partial charge in [-0.25, -0.2) is 0 Å². The van der Waals surface area contributed by atoms with E-state index in [1.165, 1.54) is 21.9 Å². The number of hydrogen-bond acceptors (Lipinski definition) is 2. The SMILES string of the molecule is Cc1ccc2cccc3c2c1[C@H](CCOc1ccccc1)C(C)C(C)O3. The molecule has 3 aromatic rings. The molecule has 0 aromatic heterocycles. The van der Waals surface area contributed by atoms with Crippen LogP contribution in [-0.2, 0) is 0 Å². The average molecular weight is 346 g/mol. The fraction of sp³-hybridized carbons (Fsp3) is 0.333. The van der Waals surface area contributed by atoms with Crippen molar-refractivity contribution < 1.29 is 9.47 Å². The molecular weight excluding hydrogens is 320 g/mol. The lowest BCUT2D eigenvalue weighted by Gasteiger charge is -2.27. The monoisotopic (exact) mass is 346 g/mol. The van der Waals surface area contributed by atoms with E-state index in [2.05, 4.69) is 51.1 Å². The average Bonchev–Trinajstić information content (AvgIpc) is 2.76. The zero-order valence-electron chi connectivity index (χ0n) is 15.7. The van der Waals surface area contributed by atoms with Gasteiger partial charge in [-0.1, -0.05) is 49.4 Å². The number of benzene rings is 3. The number of rotatable bonds is 4. The fourth-order valence-corrected chi connectivity index (χ4v) is 4.18. The molecule has 134 valence electrons. The number of aryl methyl sites for hydroxylation is 1. The van der Waals surface area contributed by atoms with E-state index in [9.17, 15) is 0 Å². The highest BCUT2D eigenvalue weighted by atomic mass is 16.5. The van der Waals surface area contributed by atoms with E-state index >= 15 is 0 Å². The normalized spacial score (nSPS) is 21.9. The van der Waals surface area contributed by atoms with Crippen LogP contribution in [0.4, 0.5) is 0 Å². The van der Waals surface area contributed by atoms with Crippen LogP contribution >= 0.6 is 0 Å². The minimum atomic E-state index is 0.175. The van der Waals surface area contributed by atoms with Gasteiger partial charge in [-0.2, -0.15) is 0 Å². The molecule has 0 aliphatic carbocycles. The van der Waals surface area contributed by atoms with Gasteiger partial charge in [0.15, 0.2) is 0 Å². The summed E-state index contributed by atoms with van der Waals surface area (Å²) in [6, 6.07) is 20.9. The lowest BCUT2D eigenvalue weighted by molar-refractivity contribution is 0.141. The Hall–Kier alpha value is -2.48. The zero-order valence-corrected chi connectivity index (χ0v) is 15.7. The van der Waals surface area contributed by atoms with Crippen molar-refractivity contribution >= 4 is 10.8 Å². The topological polar surface area (TPSA) is 18.5 Å². The van der Waals surface area contributed by atoms with Gasteiger partial charge in [0.2, 0.25) is 0 Å². The van der Waals surface area contributed by atoms with Crippen LogP contribution in [0.25, 0.3) is 10.8 Å². The first-order valence-corrected chi connectivity index (χ1v) is 9.52. The summed E-state index contributed by atoms with van der Waals surface area (Å²) in [5.74, 6) is 2.80. The van der Waals surface area contributed by atoms with Crippen LogP contribution in [0.2, 0.25) is 0 Å². The maximum Gasteiger partial charge on any atom is 0.127 e. The molecule has 0 N–H and O–H groups in total. The Labute approximate surface area is 155 Å². The predicted molar refractivity (Wildman–Crippen MR) is 107 cm³/mol. The number of para-hydroxylation sites is 1. The summed E-state index contributed by atoms with van der Waals surface area (Å²) < 4.78 is 12.4. The van der Waals surface area contributed by atoms with Crippen LogP contribution in [0.3, 0.4) is 0 Å². The molecule has 4 rings (SSSR count). The van der Waals surface area contributed by atoms with E-state index in [1.54, 1.807) is 0 Å². The lowest BCUT2D eigenvalue weighted by Crippen LogP contribution is -2.26. The predicted octanol–water partition coefficient (Wildman–Crippen LogP) is 6.12. The van der Waals surface area contributed by atoms with Crippen LogP contribution in [0.15, 0.2) is 60.7 Å². The Morgan fingerprint density at radius 2 is 1.73 bits per heavy atom. The Morgan fingerprint density at radius 1 is 0.923 bits per heavy atom. The zero-order chi connectivity index (χ0) is 18.1. The molecule has 2 nitrogen and oxygen atoms in total. The smallest absolute Gasteiger partial charge is 0.127 e. The minimum absolute atomic E-state index is 0.175. The van der Waals surface area contributed by atoms with E-state index in [-0.39, 0.29) is 6.10 Å². The molecule has 0 amide bonds. The van der Waals surface area contributed by atoms with Crippen molar-refractivity contribution in [2.75, 3.05) is 6.61 Å². The second kappa shape index (κ2) is 7.03. The standard InChI is InChI=1S/C24H26O2/c1-16-12-13-19-8-7-11-22-24(19)23(16)21(17(2)18(3)26-22)14-15-25-20-9-5-4-6-10-20/h4-13,17-18,21H,14-15H2,1-3H3/t17?,18?,21-/m1/s1. The van der Waals surface area contributed by atoms with Gasteiger partial charge < -0.3 is 9.47 Å². The van der Waals surface area contributed by atoms with Gasteiger partial charge in [0.1, 0.15) is 11.5 Å². The van der Waals surface area contributed by atoms with Gasteiger partial charge in [-0.3, -0.25) is 0 Å². The molecule has 0 saturated heterocycles. The Balaban J connectivity index is 1.69. The van der Waals surface area contributed by atoms with Crippen molar-refractivity contribution in [3.8, 4) is 11.5 Å². The lowest BCUT2D eigenvalue weighted by atomic mass is 9.79. The summed E-state index contributed by atoms with van der Waals surface area (Å²) in [6.07, 6.45) is 1.16. The van der Waals surface area contributed by atoms with Gasteiger partial charge in [-0.05, 0) is 66.8 Å². The highest BCUT2D eigenvalue weighted by molar-refractivity contribution is 5.93. The second-order valence-electron chi connectivity index (χ2n) is 7.39.